The van der Waals surface area contributed by atoms with Crippen LogP contribution in [-0.4, -0.2) is 10.0 Å². The Kier molecular flexibility index (Phi) is 3.95. The average Bonchev–Trinajstić information content (AvgIpc) is 2.05. The second kappa shape index (κ2) is 4.77. The van der Waals surface area contributed by atoms with E-state index in [0.29, 0.717) is 0 Å². The zero-order valence-corrected chi connectivity index (χ0v) is 9.56. The molecule has 0 radical (unpaired) electrons. The Morgan fingerprint density at radius 3 is 2.58 bits per heavy atom. The van der Waals surface area contributed by atoms with Crippen molar-refractivity contribution in [1.82, 2.24) is 0 Å². The van der Waals surface area contributed by atoms with Gasteiger partial charge in [-0.2, -0.15) is 0 Å². The van der Waals surface area contributed by atoms with Crippen LogP contribution in [0.3, 0.4) is 0 Å². The molecule has 0 unspecified atom stereocenters. The molecule has 0 aromatic heterocycles. The molecule has 12 heavy (non-hydrogen) atoms. The largest absolute Gasteiger partial charge is 0.281 e. The number of aryl methyl sites for hydroxylation is 1. The average molecular weight is 292 g/mol. The molecule has 0 bridgehead atoms. The maximum atomic E-state index is 11.0. The first-order chi connectivity index (χ1) is 5.75. The molecule has 0 aliphatic rings. The number of benzene rings is 1. The standard InChI is InChI=1S/C9H8Br2O/c10-6-5-7-3-1-2-4-8(7)9(11)12/h1-4H,5-6H2. The first-order valence-electron chi connectivity index (χ1n) is 3.59. The lowest BCUT2D eigenvalue weighted by molar-refractivity contribution is 0.109. The lowest BCUT2D eigenvalue weighted by atomic mass is 10.1. The highest BCUT2D eigenvalue weighted by Gasteiger charge is 2.05. The van der Waals surface area contributed by atoms with E-state index in [1.165, 1.54) is 0 Å². The van der Waals surface area contributed by atoms with Crippen molar-refractivity contribution < 1.29 is 4.79 Å². The van der Waals surface area contributed by atoms with Gasteiger partial charge in [0.2, 0.25) is 4.69 Å². The van der Waals surface area contributed by atoms with Crippen molar-refractivity contribution in [3.8, 4) is 0 Å². The van der Waals surface area contributed by atoms with Gasteiger partial charge in [0.1, 0.15) is 0 Å². The van der Waals surface area contributed by atoms with Gasteiger partial charge < -0.3 is 0 Å². The number of hydrogen-bond acceptors (Lipinski definition) is 1. The molecule has 1 aromatic carbocycles. The molecule has 3 heteroatoms. The molecule has 0 aliphatic heterocycles. The lowest BCUT2D eigenvalue weighted by Crippen LogP contribution is -1.97. The van der Waals surface area contributed by atoms with Gasteiger partial charge in [-0.1, -0.05) is 40.2 Å². The van der Waals surface area contributed by atoms with Gasteiger partial charge >= 0.3 is 0 Å². The Hall–Kier alpha value is -0.150. The summed E-state index contributed by atoms with van der Waals surface area (Å²) < 4.78 is -0.0425. The number of hydrogen-bond donors (Lipinski definition) is 0. The molecule has 0 fully saturated rings. The summed E-state index contributed by atoms with van der Waals surface area (Å²) in [5.74, 6) is 0. The van der Waals surface area contributed by atoms with E-state index in [0.717, 1.165) is 22.9 Å². The highest BCUT2D eigenvalue weighted by Crippen LogP contribution is 2.13. The van der Waals surface area contributed by atoms with Crippen molar-refractivity contribution >= 4 is 36.6 Å². The molecule has 0 saturated carbocycles. The fourth-order valence-corrected chi connectivity index (χ4v) is 1.85. The predicted octanol–water partition coefficient (Wildman–Crippen LogP) is 3.16. The van der Waals surface area contributed by atoms with Crippen LogP contribution in [0.15, 0.2) is 24.3 Å². The molecular formula is C9H8Br2O. The van der Waals surface area contributed by atoms with Crippen LogP contribution in [0, 0.1) is 0 Å². The summed E-state index contributed by atoms with van der Waals surface area (Å²) in [6.45, 7) is 0. The van der Waals surface area contributed by atoms with Gasteiger partial charge in [0.25, 0.3) is 0 Å². The van der Waals surface area contributed by atoms with Crippen LogP contribution in [-0.2, 0) is 6.42 Å². The Morgan fingerprint density at radius 2 is 2.00 bits per heavy atom. The minimum atomic E-state index is -0.0425. The van der Waals surface area contributed by atoms with Gasteiger partial charge in [-0.05, 0) is 27.9 Å². The monoisotopic (exact) mass is 290 g/mol. The number of carbonyl (C=O) groups excluding carboxylic acids is 1. The summed E-state index contributed by atoms with van der Waals surface area (Å²) in [6.07, 6.45) is 0.882. The van der Waals surface area contributed by atoms with Gasteiger partial charge in [0.15, 0.2) is 0 Å². The Bertz CT molecular complexity index is 284. The van der Waals surface area contributed by atoms with E-state index in [4.69, 9.17) is 0 Å². The first kappa shape index (κ1) is 9.93. The van der Waals surface area contributed by atoms with E-state index in [1.807, 2.05) is 24.3 Å². The molecule has 1 rings (SSSR count). The second-order valence-corrected chi connectivity index (χ2v) is 3.88. The number of carbonyl (C=O) groups is 1. The third-order valence-electron chi connectivity index (χ3n) is 1.59. The maximum absolute atomic E-state index is 11.0. The number of rotatable bonds is 3. The number of alkyl halides is 1. The topological polar surface area (TPSA) is 17.1 Å². The van der Waals surface area contributed by atoms with Crippen molar-refractivity contribution in [2.24, 2.45) is 0 Å². The van der Waals surface area contributed by atoms with Crippen LogP contribution in [0.1, 0.15) is 15.9 Å². The molecule has 0 aliphatic carbocycles. The van der Waals surface area contributed by atoms with Crippen LogP contribution in [0.4, 0.5) is 0 Å². The summed E-state index contributed by atoms with van der Waals surface area (Å²) in [6, 6.07) is 7.61. The van der Waals surface area contributed by atoms with Crippen molar-refractivity contribution in [2.45, 2.75) is 6.42 Å². The van der Waals surface area contributed by atoms with Crippen LogP contribution in [0.2, 0.25) is 0 Å². The molecule has 64 valence electrons. The fourth-order valence-electron chi connectivity index (χ4n) is 1.03. The highest BCUT2D eigenvalue weighted by atomic mass is 79.9. The normalized spacial score (nSPS) is 9.83. The summed E-state index contributed by atoms with van der Waals surface area (Å²) in [5, 5.41) is 0.879. The minimum absolute atomic E-state index is 0.0425. The summed E-state index contributed by atoms with van der Waals surface area (Å²) >= 11 is 6.29. The third-order valence-corrected chi connectivity index (χ3v) is 2.42. The van der Waals surface area contributed by atoms with Gasteiger partial charge in [0.05, 0.1) is 0 Å². The van der Waals surface area contributed by atoms with Crippen LogP contribution in [0.25, 0.3) is 0 Å². The van der Waals surface area contributed by atoms with E-state index in [-0.39, 0.29) is 4.69 Å². The third kappa shape index (κ3) is 2.42. The van der Waals surface area contributed by atoms with E-state index < -0.39 is 0 Å². The molecule has 0 atom stereocenters. The highest BCUT2D eigenvalue weighted by molar-refractivity contribution is 9.18. The van der Waals surface area contributed by atoms with Crippen molar-refractivity contribution in [2.75, 3.05) is 5.33 Å². The first-order valence-corrected chi connectivity index (χ1v) is 5.51. The van der Waals surface area contributed by atoms with Crippen LogP contribution in [0.5, 0.6) is 0 Å². The van der Waals surface area contributed by atoms with E-state index in [9.17, 15) is 4.79 Å². The van der Waals surface area contributed by atoms with E-state index >= 15 is 0 Å². The van der Waals surface area contributed by atoms with Gasteiger partial charge in [-0.25, -0.2) is 0 Å². The molecule has 0 N–H and O–H groups in total. The maximum Gasteiger partial charge on any atom is 0.228 e. The zero-order valence-electron chi connectivity index (χ0n) is 6.39. The van der Waals surface area contributed by atoms with Gasteiger partial charge in [-0.3, -0.25) is 4.79 Å². The van der Waals surface area contributed by atoms with Crippen molar-refractivity contribution in [1.29, 1.82) is 0 Å². The molecule has 1 nitrogen and oxygen atoms in total. The Morgan fingerprint density at radius 1 is 1.33 bits per heavy atom. The molecule has 0 amide bonds. The SMILES string of the molecule is O=C(Br)c1ccccc1CCBr. The molecule has 0 saturated heterocycles. The smallest absolute Gasteiger partial charge is 0.228 e. The van der Waals surface area contributed by atoms with Crippen molar-refractivity contribution in [3.05, 3.63) is 35.4 Å². The predicted molar refractivity (Wildman–Crippen MR) is 57.2 cm³/mol. The molecular weight excluding hydrogens is 284 g/mol. The van der Waals surface area contributed by atoms with E-state index in [1.54, 1.807) is 0 Å². The molecule has 1 aromatic rings. The molecule has 0 heterocycles. The quantitative estimate of drug-likeness (QED) is 0.618. The fraction of sp³-hybridized carbons (Fsp3) is 0.222. The van der Waals surface area contributed by atoms with Crippen LogP contribution >= 0.6 is 31.9 Å². The summed E-state index contributed by atoms with van der Waals surface area (Å²) in [4.78, 5) is 11.0. The van der Waals surface area contributed by atoms with Gasteiger partial charge in [0, 0.05) is 10.9 Å². The second-order valence-electron chi connectivity index (χ2n) is 2.37. The van der Waals surface area contributed by atoms with Crippen LogP contribution < -0.4 is 0 Å². The number of halogens is 2. The van der Waals surface area contributed by atoms with E-state index in [2.05, 4.69) is 31.9 Å². The van der Waals surface area contributed by atoms with Crippen molar-refractivity contribution in [3.63, 3.8) is 0 Å². The summed E-state index contributed by atoms with van der Waals surface area (Å²) in [7, 11) is 0. The zero-order chi connectivity index (χ0) is 8.97. The Balaban J connectivity index is 3.00. The van der Waals surface area contributed by atoms with Gasteiger partial charge in [-0.15, -0.1) is 0 Å². The summed E-state index contributed by atoms with van der Waals surface area (Å²) in [5.41, 5.74) is 1.84. The minimum Gasteiger partial charge on any atom is -0.281 e. The lowest BCUT2D eigenvalue weighted by Gasteiger charge is -2.02. The Labute approximate surface area is 88.4 Å². The molecule has 0 spiro atoms.